The van der Waals surface area contributed by atoms with Gasteiger partial charge in [0.1, 0.15) is 0 Å². The highest BCUT2D eigenvalue weighted by molar-refractivity contribution is 7.99. The van der Waals surface area contributed by atoms with Crippen LogP contribution in [0.2, 0.25) is 0 Å². The van der Waals surface area contributed by atoms with Gasteiger partial charge >= 0.3 is 0 Å². The van der Waals surface area contributed by atoms with Gasteiger partial charge in [-0.1, -0.05) is 6.42 Å². The minimum absolute atomic E-state index is 0.0987. The highest BCUT2D eigenvalue weighted by Crippen LogP contribution is 2.53. The number of hydrogen-bond donors (Lipinski definition) is 0. The summed E-state index contributed by atoms with van der Waals surface area (Å²) in [6, 6.07) is 3.67. The highest BCUT2D eigenvalue weighted by atomic mass is 32.2. The van der Waals surface area contributed by atoms with Crippen LogP contribution in [-0.2, 0) is 0 Å². The Labute approximate surface area is 137 Å². The van der Waals surface area contributed by atoms with Crippen molar-refractivity contribution >= 4 is 11.8 Å². The fourth-order valence-electron chi connectivity index (χ4n) is 4.45. The lowest BCUT2D eigenvalue weighted by atomic mass is 9.84. The Kier molecular flexibility index (Phi) is 3.91. The molecule has 0 spiro atoms. The maximum absolute atomic E-state index is 12.9. The molecule has 0 radical (unpaired) electrons. The van der Waals surface area contributed by atoms with Crippen molar-refractivity contribution in [3.8, 4) is 11.6 Å². The van der Waals surface area contributed by atoms with Gasteiger partial charge in [0.25, 0.3) is 5.76 Å². The van der Waals surface area contributed by atoms with E-state index in [-0.39, 0.29) is 11.2 Å². The predicted octanol–water partition coefficient (Wildman–Crippen LogP) is 4.85. The van der Waals surface area contributed by atoms with Gasteiger partial charge < -0.3 is 4.42 Å². The van der Waals surface area contributed by atoms with E-state index in [2.05, 4.69) is 17.1 Å². The summed E-state index contributed by atoms with van der Waals surface area (Å²) >= 11 is 0.465. The van der Waals surface area contributed by atoms with Crippen LogP contribution >= 0.6 is 11.8 Å². The number of thioether (sulfide) groups is 1. The zero-order chi connectivity index (χ0) is 16.0. The van der Waals surface area contributed by atoms with Crippen molar-refractivity contribution in [1.82, 2.24) is 14.8 Å². The Bertz CT molecular complexity index is 673. The normalized spacial score (nSPS) is 27.9. The Morgan fingerprint density at radius 3 is 2.78 bits per heavy atom. The van der Waals surface area contributed by atoms with E-state index in [1.807, 2.05) is 4.57 Å². The molecule has 4 atom stereocenters. The maximum Gasteiger partial charge on any atom is 0.291 e. The number of halogens is 2. The number of fused-ring (bicyclic) bond motifs is 2. The summed E-state index contributed by atoms with van der Waals surface area (Å²) < 4.78 is 33.1. The molecule has 7 heteroatoms. The number of nitrogens with zero attached hydrogens (tertiary/aromatic N) is 3. The molecule has 2 heterocycles. The molecule has 0 amide bonds. The molecule has 0 aromatic carbocycles. The lowest BCUT2D eigenvalue weighted by Crippen LogP contribution is -2.23. The third-order valence-corrected chi connectivity index (χ3v) is 6.09. The van der Waals surface area contributed by atoms with Crippen molar-refractivity contribution in [3.63, 3.8) is 0 Å². The molecule has 4 nitrogen and oxygen atoms in total. The molecule has 2 aromatic rings. The lowest BCUT2D eigenvalue weighted by Gasteiger charge is -2.30. The van der Waals surface area contributed by atoms with Crippen molar-refractivity contribution < 1.29 is 13.2 Å². The average molecular weight is 339 g/mol. The highest BCUT2D eigenvalue weighted by Gasteiger charge is 2.43. The molecule has 0 N–H and O–H groups in total. The fourth-order valence-corrected chi connectivity index (χ4v) is 5.07. The monoisotopic (exact) mass is 339 g/mol. The molecular weight excluding hydrogens is 320 g/mol. The number of rotatable bonds is 5. The molecule has 2 bridgehead atoms. The molecule has 2 fully saturated rings. The van der Waals surface area contributed by atoms with Gasteiger partial charge in [-0.3, -0.25) is 4.57 Å². The third-order valence-electron chi connectivity index (χ3n) is 5.42. The van der Waals surface area contributed by atoms with Crippen molar-refractivity contribution in [2.24, 2.45) is 17.8 Å². The minimum Gasteiger partial charge on any atom is -0.461 e. The van der Waals surface area contributed by atoms with Crippen LogP contribution in [-0.4, -0.2) is 20.5 Å². The van der Waals surface area contributed by atoms with Gasteiger partial charge in [0.05, 0.1) is 6.26 Å². The molecule has 0 saturated heterocycles. The van der Waals surface area contributed by atoms with Gasteiger partial charge in [-0.05, 0) is 67.8 Å². The van der Waals surface area contributed by atoms with Crippen LogP contribution in [0.3, 0.4) is 0 Å². The average Bonchev–Trinajstić information content (AvgIpc) is 3.29. The van der Waals surface area contributed by atoms with Crippen LogP contribution in [0.1, 0.15) is 38.6 Å². The predicted molar refractivity (Wildman–Crippen MR) is 83.2 cm³/mol. The Morgan fingerprint density at radius 1 is 1.30 bits per heavy atom. The standard InChI is InChI=1S/C16H19F2N3OS/c1-9(12-8-10-4-5-11(12)7-10)21-14(13-3-2-6-22-13)19-20-16(21)23-15(17)18/h2-3,6,9-12,15H,4-5,7-8H2,1H3/t9-,10-,11-,12+/m0/s1. The summed E-state index contributed by atoms with van der Waals surface area (Å²) in [7, 11) is 0. The third kappa shape index (κ3) is 2.69. The van der Waals surface area contributed by atoms with E-state index < -0.39 is 5.76 Å². The summed E-state index contributed by atoms with van der Waals surface area (Å²) in [6.07, 6.45) is 6.61. The van der Waals surface area contributed by atoms with E-state index in [1.54, 1.807) is 18.4 Å². The first-order valence-electron chi connectivity index (χ1n) is 8.07. The SMILES string of the molecule is C[C@@H]([C@H]1C[C@H]2CC[C@H]1C2)n1c(SC(F)F)nnc1-c1ccco1. The molecule has 0 aliphatic heterocycles. The van der Waals surface area contributed by atoms with E-state index in [9.17, 15) is 8.78 Å². The zero-order valence-corrected chi connectivity index (χ0v) is 13.7. The van der Waals surface area contributed by atoms with Crippen LogP contribution in [0, 0.1) is 17.8 Å². The van der Waals surface area contributed by atoms with Crippen molar-refractivity contribution in [2.75, 3.05) is 0 Å². The summed E-state index contributed by atoms with van der Waals surface area (Å²) in [5.41, 5.74) is 0. The molecular formula is C16H19F2N3OS. The molecule has 4 rings (SSSR count). The topological polar surface area (TPSA) is 43.9 Å². The van der Waals surface area contributed by atoms with Gasteiger partial charge in [-0.15, -0.1) is 10.2 Å². The first-order valence-corrected chi connectivity index (χ1v) is 8.95. The van der Waals surface area contributed by atoms with E-state index in [1.165, 1.54) is 25.7 Å². The summed E-state index contributed by atoms with van der Waals surface area (Å²) in [6.45, 7) is 2.11. The van der Waals surface area contributed by atoms with Gasteiger partial charge in [0.15, 0.2) is 10.9 Å². The molecule has 0 unspecified atom stereocenters. The fraction of sp³-hybridized carbons (Fsp3) is 0.625. The van der Waals surface area contributed by atoms with E-state index in [0.29, 0.717) is 35.2 Å². The molecule has 2 aromatic heterocycles. The van der Waals surface area contributed by atoms with Gasteiger partial charge in [-0.25, -0.2) is 0 Å². The zero-order valence-electron chi connectivity index (χ0n) is 12.9. The smallest absolute Gasteiger partial charge is 0.291 e. The second-order valence-electron chi connectivity index (χ2n) is 6.61. The van der Waals surface area contributed by atoms with Crippen LogP contribution in [0.15, 0.2) is 28.0 Å². The van der Waals surface area contributed by atoms with Crippen molar-refractivity contribution in [3.05, 3.63) is 18.4 Å². The lowest BCUT2D eigenvalue weighted by molar-refractivity contribution is 0.231. The molecule has 2 saturated carbocycles. The number of alkyl halides is 2. The Morgan fingerprint density at radius 2 is 2.17 bits per heavy atom. The molecule has 124 valence electrons. The quantitative estimate of drug-likeness (QED) is 0.730. The number of aromatic nitrogens is 3. The second-order valence-corrected chi connectivity index (χ2v) is 7.57. The van der Waals surface area contributed by atoms with Crippen LogP contribution in [0.25, 0.3) is 11.6 Å². The van der Waals surface area contributed by atoms with E-state index >= 15 is 0 Å². The second kappa shape index (κ2) is 5.92. The van der Waals surface area contributed by atoms with E-state index in [0.717, 1.165) is 5.92 Å². The minimum atomic E-state index is -2.50. The summed E-state index contributed by atoms with van der Waals surface area (Å²) in [5, 5.41) is 8.41. The van der Waals surface area contributed by atoms with Crippen molar-refractivity contribution in [2.45, 2.75) is 49.6 Å². The first-order chi connectivity index (χ1) is 11.1. The van der Waals surface area contributed by atoms with Gasteiger partial charge in [-0.2, -0.15) is 8.78 Å². The summed E-state index contributed by atoms with van der Waals surface area (Å²) in [4.78, 5) is 0. The molecule has 23 heavy (non-hydrogen) atoms. The molecule has 2 aliphatic rings. The van der Waals surface area contributed by atoms with Gasteiger partial charge in [0.2, 0.25) is 5.82 Å². The van der Waals surface area contributed by atoms with Crippen LogP contribution in [0.4, 0.5) is 8.78 Å². The van der Waals surface area contributed by atoms with Crippen molar-refractivity contribution in [1.29, 1.82) is 0 Å². The number of hydrogen-bond acceptors (Lipinski definition) is 4. The largest absolute Gasteiger partial charge is 0.461 e. The first kappa shape index (κ1) is 15.2. The Hall–Kier alpha value is -1.37. The summed E-state index contributed by atoms with van der Waals surface area (Å²) in [5.74, 6) is 0.639. The van der Waals surface area contributed by atoms with E-state index in [4.69, 9.17) is 4.42 Å². The van der Waals surface area contributed by atoms with Crippen LogP contribution in [0.5, 0.6) is 0 Å². The van der Waals surface area contributed by atoms with Crippen LogP contribution < -0.4 is 0 Å². The number of furan rings is 1. The van der Waals surface area contributed by atoms with Gasteiger partial charge in [0, 0.05) is 6.04 Å². The maximum atomic E-state index is 12.9. The Balaban J connectivity index is 1.71. The molecule has 2 aliphatic carbocycles.